The lowest BCUT2D eigenvalue weighted by atomic mass is 9.95. The molecule has 0 unspecified atom stereocenters. The predicted molar refractivity (Wildman–Crippen MR) is 45.2 cm³/mol. The Balaban J connectivity index is 2.18. The number of hydrogen-bond acceptors (Lipinski definition) is 2. The Kier molecular flexibility index (Phi) is 3.57. The fourth-order valence-corrected chi connectivity index (χ4v) is 1.66. The Bertz CT molecular complexity index is 119. The summed E-state index contributed by atoms with van der Waals surface area (Å²) in [6.45, 7) is 1.86. The Morgan fingerprint density at radius 3 is 2.55 bits per heavy atom. The second-order valence-electron chi connectivity index (χ2n) is 3.34. The van der Waals surface area contributed by atoms with E-state index in [1.54, 1.807) is 0 Å². The second-order valence-corrected chi connectivity index (χ2v) is 3.34. The Morgan fingerprint density at radius 2 is 2.00 bits per heavy atom. The Labute approximate surface area is 68.4 Å². The largest absolute Gasteiger partial charge is 0.305 e. The fraction of sp³-hybridized carbons (Fsp3) is 0.889. The molecular formula is C9H16NO. The van der Waals surface area contributed by atoms with E-state index in [0.717, 1.165) is 0 Å². The molecule has 0 aromatic rings. The summed E-state index contributed by atoms with van der Waals surface area (Å²) in [6, 6.07) is 0.485. The topological polar surface area (TPSA) is 29.1 Å². The third-order valence-electron chi connectivity index (χ3n) is 2.27. The molecule has 1 rings (SSSR count). The smallest absolute Gasteiger partial charge is 0.216 e. The second kappa shape index (κ2) is 4.50. The first-order chi connectivity index (χ1) is 5.33. The van der Waals surface area contributed by atoms with Crippen LogP contribution in [0.3, 0.4) is 0 Å². The van der Waals surface area contributed by atoms with Gasteiger partial charge in [0.05, 0.1) is 6.04 Å². The van der Waals surface area contributed by atoms with E-state index >= 15 is 0 Å². The highest BCUT2D eigenvalue weighted by molar-refractivity contribution is 5.57. The number of hydrogen-bond donors (Lipinski definition) is 1. The standard InChI is InChI=1S/C9H16NO/c1-8(7-11)10-9-5-3-2-4-6-9/h8-10H,2-6H2,1H3/t8-/m1/s1. The van der Waals surface area contributed by atoms with E-state index in [2.05, 4.69) is 5.32 Å². The molecule has 1 atom stereocenters. The summed E-state index contributed by atoms with van der Waals surface area (Å²) in [7, 11) is 0. The first-order valence-electron chi connectivity index (χ1n) is 4.46. The molecule has 0 heterocycles. The molecule has 1 fully saturated rings. The molecule has 0 saturated heterocycles. The van der Waals surface area contributed by atoms with Crippen molar-refractivity contribution in [3.63, 3.8) is 0 Å². The van der Waals surface area contributed by atoms with Gasteiger partial charge < -0.3 is 5.32 Å². The molecule has 0 spiro atoms. The molecule has 63 valence electrons. The SMILES string of the molecule is C[C@H]([C]=O)NC1CCCCC1. The molecule has 0 amide bonds. The molecule has 0 aromatic carbocycles. The van der Waals surface area contributed by atoms with Crippen LogP contribution in [-0.2, 0) is 4.79 Å². The van der Waals surface area contributed by atoms with Crippen molar-refractivity contribution in [1.29, 1.82) is 0 Å². The van der Waals surface area contributed by atoms with E-state index in [1.165, 1.54) is 32.1 Å². The van der Waals surface area contributed by atoms with Gasteiger partial charge in [-0.3, -0.25) is 4.79 Å². The van der Waals surface area contributed by atoms with Crippen LogP contribution >= 0.6 is 0 Å². The highest BCUT2D eigenvalue weighted by Gasteiger charge is 2.14. The maximum absolute atomic E-state index is 10.2. The van der Waals surface area contributed by atoms with Gasteiger partial charge in [0.1, 0.15) is 0 Å². The normalized spacial score (nSPS) is 23.0. The van der Waals surface area contributed by atoms with Crippen LogP contribution in [0.1, 0.15) is 39.0 Å². The molecule has 1 saturated carbocycles. The van der Waals surface area contributed by atoms with Crippen LogP contribution in [0, 0.1) is 0 Å². The minimum Gasteiger partial charge on any atom is -0.305 e. The molecule has 1 radical (unpaired) electrons. The molecule has 0 aromatic heterocycles. The number of carbonyl (C=O) groups excluding carboxylic acids is 1. The summed E-state index contributed by atoms with van der Waals surface area (Å²) < 4.78 is 0. The van der Waals surface area contributed by atoms with Crippen LogP contribution in [0.4, 0.5) is 0 Å². The minimum atomic E-state index is -0.0851. The van der Waals surface area contributed by atoms with Crippen molar-refractivity contribution in [1.82, 2.24) is 5.32 Å². The summed E-state index contributed by atoms with van der Waals surface area (Å²) in [5.74, 6) is 0. The van der Waals surface area contributed by atoms with Crippen LogP contribution in [-0.4, -0.2) is 18.4 Å². The van der Waals surface area contributed by atoms with Crippen molar-refractivity contribution in [2.45, 2.75) is 51.1 Å². The summed E-state index contributed by atoms with van der Waals surface area (Å²) in [6.07, 6.45) is 8.38. The van der Waals surface area contributed by atoms with E-state index < -0.39 is 0 Å². The zero-order chi connectivity index (χ0) is 8.10. The number of rotatable bonds is 3. The van der Waals surface area contributed by atoms with Crippen LogP contribution in [0.2, 0.25) is 0 Å². The quantitative estimate of drug-likeness (QED) is 0.666. The summed E-state index contributed by atoms with van der Waals surface area (Å²) in [5, 5.41) is 3.24. The van der Waals surface area contributed by atoms with Gasteiger partial charge in [0, 0.05) is 6.04 Å². The van der Waals surface area contributed by atoms with Crippen molar-refractivity contribution < 1.29 is 4.79 Å². The average molecular weight is 154 g/mol. The molecule has 1 aliphatic rings. The molecule has 0 aliphatic heterocycles. The van der Waals surface area contributed by atoms with Gasteiger partial charge in [-0.2, -0.15) is 0 Å². The van der Waals surface area contributed by atoms with Crippen LogP contribution in [0.25, 0.3) is 0 Å². The van der Waals surface area contributed by atoms with Crippen molar-refractivity contribution in [2.75, 3.05) is 0 Å². The molecule has 11 heavy (non-hydrogen) atoms. The van der Waals surface area contributed by atoms with Crippen molar-refractivity contribution in [3.05, 3.63) is 0 Å². The Morgan fingerprint density at radius 1 is 1.36 bits per heavy atom. The van der Waals surface area contributed by atoms with Gasteiger partial charge in [-0.25, -0.2) is 0 Å². The van der Waals surface area contributed by atoms with Gasteiger partial charge in [0.2, 0.25) is 6.29 Å². The predicted octanol–water partition coefficient (Wildman–Crippen LogP) is 1.41. The molecule has 2 nitrogen and oxygen atoms in total. The first-order valence-corrected chi connectivity index (χ1v) is 4.46. The third kappa shape index (κ3) is 3.02. The van der Waals surface area contributed by atoms with Gasteiger partial charge in [0.25, 0.3) is 0 Å². The van der Waals surface area contributed by atoms with E-state index in [0.29, 0.717) is 6.04 Å². The van der Waals surface area contributed by atoms with E-state index in [1.807, 2.05) is 13.2 Å². The summed E-state index contributed by atoms with van der Waals surface area (Å²) >= 11 is 0. The van der Waals surface area contributed by atoms with Crippen molar-refractivity contribution in [2.24, 2.45) is 0 Å². The van der Waals surface area contributed by atoms with Crippen molar-refractivity contribution in [3.8, 4) is 0 Å². The van der Waals surface area contributed by atoms with E-state index in [4.69, 9.17) is 0 Å². The monoisotopic (exact) mass is 154 g/mol. The summed E-state index contributed by atoms with van der Waals surface area (Å²) in [5.41, 5.74) is 0. The zero-order valence-electron chi connectivity index (χ0n) is 7.10. The van der Waals surface area contributed by atoms with E-state index in [9.17, 15) is 4.79 Å². The minimum absolute atomic E-state index is 0.0851. The van der Waals surface area contributed by atoms with Gasteiger partial charge >= 0.3 is 0 Å². The van der Waals surface area contributed by atoms with E-state index in [-0.39, 0.29) is 6.04 Å². The average Bonchev–Trinajstić information content (AvgIpc) is 2.06. The highest BCUT2D eigenvalue weighted by atomic mass is 16.1. The lowest BCUT2D eigenvalue weighted by Crippen LogP contribution is -2.38. The van der Waals surface area contributed by atoms with Crippen molar-refractivity contribution >= 4 is 6.29 Å². The molecule has 1 N–H and O–H groups in total. The molecule has 2 heteroatoms. The van der Waals surface area contributed by atoms with Gasteiger partial charge in [-0.15, -0.1) is 0 Å². The fourth-order valence-electron chi connectivity index (χ4n) is 1.66. The molecule has 0 bridgehead atoms. The van der Waals surface area contributed by atoms with Gasteiger partial charge in [-0.1, -0.05) is 19.3 Å². The zero-order valence-corrected chi connectivity index (χ0v) is 7.10. The molecule has 1 aliphatic carbocycles. The lowest BCUT2D eigenvalue weighted by Gasteiger charge is -2.23. The van der Waals surface area contributed by atoms with Crippen LogP contribution in [0.15, 0.2) is 0 Å². The highest BCUT2D eigenvalue weighted by Crippen LogP contribution is 2.17. The van der Waals surface area contributed by atoms with Crippen LogP contribution < -0.4 is 5.32 Å². The first kappa shape index (κ1) is 8.72. The third-order valence-corrected chi connectivity index (χ3v) is 2.27. The lowest BCUT2D eigenvalue weighted by molar-refractivity contribution is 0.362. The molecular weight excluding hydrogens is 138 g/mol. The van der Waals surface area contributed by atoms with Crippen LogP contribution in [0.5, 0.6) is 0 Å². The summed E-state index contributed by atoms with van der Waals surface area (Å²) in [4.78, 5) is 10.2. The Hall–Kier alpha value is -0.370. The van der Waals surface area contributed by atoms with Gasteiger partial charge in [-0.05, 0) is 19.8 Å². The van der Waals surface area contributed by atoms with Gasteiger partial charge in [0.15, 0.2) is 0 Å². The maximum atomic E-state index is 10.2. The maximum Gasteiger partial charge on any atom is 0.216 e. The number of nitrogens with one attached hydrogen (secondary N) is 1.